The number of morpholine rings is 1. The van der Waals surface area contributed by atoms with Crippen LogP contribution in [0.5, 0.6) is 0 Å². The molecule has 0 unspecified atom stereocenters. The molecule has 1 saturated heterocycles. The molecule has 0 atom stereocenters. The van der Waals surface area contributed by atoms with Crippen molar-refractivity contribution in [3.63, 3.8) is 0 Å². The maximum atomic E-state index is 5.91. The summed E-state index contributed by atoms with van der Waals surface area (Å²) < 4.78 is 5.91. The predicted octanol–water partition coefficient (Wildman–Crippen LogP) is 6.23. The van der Waals surface area contributed by atoms with Crippen molar-refractivity contribution in [3.8, 4) is 0 Å². The standard InChI is InChI=1S/C29H31N7O/c1-18-13-21(9-10-30-18)32-20-5-7-25-27(15-20)35-28(33-25)34-26-14-19(2)31-24-8-6-22(16-23(24)26)36-11-12-37-29(3,4)17-36/h5-10,13-16H,11-12,17H2,1-4H3,(H,30,32)(H2,31,33,34,35). The molecule has 2 aromatic carbocycles. The maximum absolute atomic E-state index is 5.91. The number of fused-ring (bicyclic) bond motifs is 2. The zero-order valence-corrected chi connectivity index (χ0v) is 21.6. The van der Waals surface area contributed by atoms with Crippen molar-refractivity contribution in [2.24, 2.45) is 0 Å². The summed E-state index contributed by atoms with van der Waals surface area (Å²) in [5.41, 5.74) is 8.68. The van der Waals surface area contributed by atoms with Crippen molar-refractivity contribution in [3.05, 3.63) is 72.2 Å². The smallest absolute Gasteiger partial charge is 0.205 e. The highest BCUT2D eigenvalue weighted by molar-refractivity contribution is 5.95. The molecule has 188 valence electrons. The third kappa shape index (κ3) is 4.93. The molecule has 6 rings (SSSR count). The number of benzene rings is 2. The lowest BCUT2D eigenvalue weighted by Crippen LogP contribution is -2.48. The van der Waals surface area contributed by atoms with Crippen molar-refractivity contribution >= 4 is 50.6 Å². The van der Waals surface area contributed by atoms with Gasteiger partial charge in [0.05, 0.1) is 34.4 Å². The summed E-state index contributed by atoms with van der Waals surface area (Å²) in [6, 6.07) is 18.6. The lowest BCUT2D eigenvalue weighted by Gasteiger charge is -2.39. The molecule has 0 bridgehead atoms. The molecule has 0 amide bonds. The minimum atomic E-state index is -0.169. The first-order valence-corrected chi connectivity index (χ1v) is 12.6. The molecule has 37 heavy (non-hydrogen) atoms. The highest BCUT2D eigenvalue weighted by Gasteiger charge is 2.27. The van der Waals surface area contributed by atoms with Crippen LogP contribution in [0.3, 0.4) is 0 Å². The predicted molar refractivity (Wildman–Crippen MR) is 150 cm³/mol. The molecule has 1 aliphatic rings. The number of anilines is 5. The molecule has 3 N–H and O–H groups in total. The van der Waals surface area contributed by atoms with E-state index in [1.54, 1.807) is 6.20 Å². The number of rotatable bonds is 5. The normalized spacial score (nSPS) is 15.3. The largest absolute Gasteiger partial charge is 0.372 e. The summed E-state index contributed by atoms with van der Waals surface area (Å²) in [6.45, 7) is 10.7. The lowest BCUT2D eigenvalue weighted by molar-refractivity contribution is -0.0276. The molecule has 8 heteroatoms. The van der Waals surface area contributed by atoms with E-state index in [1.807, 2.05) is 38.1 Å². The number of imidazole rings is 1. The summed E-state index contributed by atoms with van der Waals surface area (Å²) in [4.78, 5) is 19.6. The van der Waals surface area contributed by atoms with E-state index >= 15 is 0 Å². The zero-order valence-electron chi connectivity index (χ0n) is 21.6. The quantitative estimate of drug-likeness (QED) is 0.267. The molecule has 8 nitrogen and oxygen atoms in total. The van der Waals surface area contributed by atoms with Crippen LogP contribution in [0.2, 0.25) is 0 Å². The van der Waals surface area contributed by atoms with Crippen molar-refractivity contribution < 1.29 is 4.74 Å². The van der Waals surface area contributed by atoms with Crippen molar-refractivity contribution in [2.45, 2.75) is 33.3 Å². The summed E-state index contributed by atoms with van der Waals surface area (Å²) in [5, 5.41) is 8.02. The van der Waals surface area contributed by atoms with Gasteiger partial charge in [0.1, 0.15) is 0 Å². The van der Waals surface area contributed by atoms with Gasteiger partial charge in [-0.25, -0.2) is 4.98 Å². The van der Waals surface area contributed by atoms with Gasteiger partial charge in [-0.3, -0.25) is 9.97 Å². The monoisotopic (exact) mass is 493 g/mol. The first-order chi connectivity index (χ1) is 17.8. The van der Waals surface area contributed by atoms with Gasteiger partial charge in [-0.1, -0.05) is 0 Å². The fraction of sp³-hybridized carbons (Fsp3) is 0.276. The lowest BCUT2D eigenvalue weighted by atomic mass is 10.1. The molecule has 1 fully saturated rings. The Bertz CT molecular complexity index is 1610. The van der Waals surface area contributed by atoms with E-state index in [0.29, 0.717) is 5.95 Å². The molecule has 4 heterocycles. The van der Waals surface area contributed by atoms with E-state index in [9.17, 15) is 0 Å². The van der Waals surface area contributed by atoms with Gasteiger partial charge in [0.2, 0.25) is 5.95 Å². The Labute approximate surface area is 216 Å². The van der Waals surface area contributed by atoms with Gasteiger partial charge in [-0.2, -0.15) is 0 Å². The second-order valence-corrected chi connectivity index (χ2v) is 10.3. The Balaban J connectivity index is 1.30. The van der Waals surface area contributed by atoms with Gasteiger partial charge in [0.15, 0.2) is 0 Å². The van der Waals surface area contributed by atoms with Gasteiger partial charge < -0.3 is 25.3 Å². The molecule has 0 aliphatic carbocycles. The minimum absolute atomic E-state index is 0.169. The number of aryl methyl sites for hydroxylation is 2. The van der Waals surface area contributed by atoms with Gasteiger partial charge in [0, 0.05) is 53.1 Å². The summed E-state index contributed by atoms with van der Waals surface area (Å²) >= 11 is 0. The third-order valence-electron chi connectivity index (χ3n) is 6.63. The number of nitrogens with zero attached hydrogens (tertiary/aromatic N) is 4. The zero-order chi connectivity index (χ0) is 25.6. The third-order valence-corrected chi connectivity index (χ3v) is 6.63. The van der Waals surface area contributed by atoms with Gasteiger partial charge in [-0.15, -0.1) is 0 Å². The second kappa shape index (κ2) is 9.05. The Morgan fingerprint density at radius 1 is 0.892 bits per heavy atom. The number of H-pyrrole nitrogens is 1. The van der Waals surface area contributed by atoms with Gasteiger partial charge >= 0.3 is 0 Å². The molecule has 3 aromatic heterocycles. The van der Waals surface area contributed by atoms with Crippen LogP contribution in [0.4, 0.5) is 28.7 Å². The molecular weight excluding hydrogens is 462 g/mol. The van der Waals surface area contributed by atoms with Crippen LogP contribution in [0.15, 0.2) is 60.8 Å². The Hall–Kier alpha value is -4.17. The molecular formula is C29H31N7O. The van der Waals surface area contributed by atoms with Crippen LogP contribution < -0.4 is 15.5 Å². The second-order valence-electron chi connectivity index (χ2n) is 10.3. The SMILES string of the molecule is Cc1cc(Nc2ccc3nc(Nc4cc(C)nc5ccc(N6CCOC(C)(C)C6)cc45)[nH]c3c2)ccn1. The average molecular weight is 494 g/mol. The van der Waals surface area contributed by atoms with Gasteiger partial charge in [-0.05, 0) is 82.3 Å². The van der Waals surface area contributed by atoms with Crippen LogP contribution >= 0.6 is 0 Å². The van der Waals surface area contributed by atoms with E-state index in [-0.39, 0.29) is 5.60 Å². The molecule has 0 saturated carbocycles. The first kappa shape index (κ1) is 23.2. The highest BCUT2D eigenvalue weighted by Crippen LogP contribution is 2.32. The van der Waals surface area contributed by atoms with Crippen LogP contribution in [-0.4, -0.2) is 45.2 Å². The fourth-order valence-corrected chi connectivity index (χ4v) is 4.95. The summed E-state index contributed by atoms with van der Waals surface area (Å²) in [7, 11) is 0. The average Bonchev–Trinajstić information content (AvgIpc) is 3.25. The minimum Gasteiger partial charge on any atom is -0.372 e. The summed E-state index contributed by atoms with van der Waals surface area (Å²) in [5.74, 6) is 0.691. The van der Waals surface area contributed by atoms with Crippen molar-refractivity contribution in [1.29, 1.82) is 0 Å². The Morgan fingerprint density at radius 3 is 2.57 bits per heavy atom. The van der Waals surface area contributed by atoms with E-state index in [0.717, 1.165) is 70.1 Å². The highest BCUT2D eigenvalue weighted by atomic mass is 16.5. The molecule has 0 spiro atoms. The maximum Gasteiger partial charge on any atom is 0.205 e. The Morgan fingerprint density at radius 2 is 1.73 bits per heavy atom. The first-order valence-electron chi connectivity index (χ1n) is 12.6. The number of nitrogens with one attached hydrogen (secondary N) is 3. The van der Waals surface area contributed by atoms with Crippen LogP contribution in [0.1, 0.15) is 25.2 Å². The van der Waals surface area contributed by atoms with E-state index < -0.39 is 0 Å². The number of hydrogen-bond donors (Lipinski definition) is 3. The van der Waals surface area contributed by atoms with E-state index in [2.05, 4.69) is 69.7 Å². The molecule has 1 aliphatic heterocycles. The number of aromatic amines is 1. The van der Waals surface area contributed by atoms with Crippen LogP contribution in [0, 0.1) is 13.8 Å². The van der Waals surface area contributed by atoms with Crippen molar-refractivity contribution in [1.82, 2.24) is 19.9 Å². The Kier molecular flexibility index (Phi) is 5.68. The molecule has 0 radical (unpaired) electrons. The number of pyridine rings is 2. The number of ether oxygens (including phenoxy) is 1. The van der Waals surface area contributed by atoms with E-state index in [4.69, 9.17) is 14.7 Å². The van der Waals surface area contributed by atoms with E-state index in [1.165, 1.54) is 5.69 Å². The fourth-order valence-electron chi connectivity index (χ4n) is 4.95. The summed E-state index contributed by atoms with van der Waals surface area (Å²) in [6.07, 6.45) is 1.81. The molecule has 5 aromatic rings. The van der Waals surface area contributed by atoms with Gasteiger partial charge in [0.25, 0.3) is 0 Å². The topological polar surface area (TPSA) is 91.0 Å². The van der Waals surface area contributed by atoms with Crippen LogP contribution in [-0.2, 0) is 4.74 Å². The van der Waals surface area contributed by atoms with Crippen LogP contribution in [0.25, 0.3) is 21.9 Å². The number of aromatic nitrogens is 4. The number of hydrogen-bond acceptors (Lipinski definition) is 7. The van der Waals surface area contributed by atoms with Crippen molar-refractivity contribution in [2.75, 3.05) is 35.2 Å².